The third kappa shape index (κ3) is 3.63. The van der Waals surface area contributed by atoms with Crippen molar-refractivity contribution in [3.63, 3.8) is 0 Å². The predicted molar refractivity (Wildman–Crippen MR) is 96.3 cm³/mol. The molecule has 1 aliphatic rings. The number of aromatic nitrogens is 2. The molecule has 1 aliphatic heterocycles. The largest absolute Gasteiger partial charge is 0.383 e. The summed E-state index contributed by atoms with van der Waals surface area (Å²) < 4.78 is 5.09. The van der Waals surface area contributed by atoms with Crippen molar-refractivity contribution in [1.29, 1.82) is 0 Å². The number of aryl methyl sites for hydroxylation is 3. The molecule has 1 aromatic heterocycles. The van der Waals surface area contributed by atoms with Crippen LogP contribution >= 0.6 is 0 Å². The number of benzene rings is 1. The van der Waals surface area contributed by atoms with E-state index >= 15 is 0 Å². The van der Waals surface area contributed by atoms with Gasteiger partial charge in [-0.2, -0.15) is 0 Å². The Morgan fingerprint density at radius 3 is 2.79 bits per heavy atom. The molecule has 2 heterocycles. The average molecular weight is 328 g/mol. The molecular formula is C17H24N6O. The summed E-state index contributed by atoms with van der Waals surface area (Å²) in [5, 5.41) is 7.54. The molecular weight excluding hydrogens is 304 g/mol. The number of guanidine groups is 1. The Bertz CT molecular complexity index is 773. The molecule has 2 aromatic rings. The number of aliphatic imine (C=N–C) groups is 1. The Labute approximate surface area is 142 Å². The fourth-order valence-electron chi connectivity index (χ4n) is 2.81. The van der Waals surface area contributed by atoms with E-state index in [2.05, 4.69) is 56.5 Å². The second-order valence-electron chi connectivity index (χ2n) is 6.11. The summed E-state index contributed by atoms with van der Waals surface area (Å²) >= 11 is 0. The molecule has 0 saturated heterocycles. The number of methoxy groups -OCH3 is 1. The monoisotopic (exact) mass is 328 g/mol. The number of hydrogen-bond acceptors (Lipinski definition) is 7. The average Bonchev–Trinajstić information content (AvgIpc) is 2.55. The van der Waals surface area contributed by atoms with Gasteiger partial charge in [-0.05, 0) is 32.4 Å². The SMILES string of the molecule is COCCN1CN=C(Nc2nc(C)c3cc(C)cc(C)c3n2)NC1. The zero-order valence-corrected chi connectivity index (χ0v) is 14.7. The van der Waals surface area contributed by atoms with Gasteiger partial charge < -0.3 is 10.1 Å². The Balaban J connectivity index is 1.78. The summed E-state index contributed by atoms with van der Waals surface area (Å²) in [5.74, 6) is 1.27. The van der Waals surface area contributed by atoms with Crippen molar-refractivity contribution in [2.75, 3.05) is 38.9 Å². The third-order valence-electron chi connectivity index (χ3n) is 4.07. The van der Waals surface area contributed by atoms with Crippen LogP contribution in [0.25, 0.3) is 10.9 Å². The summed E-state index contributed by atoms with van der Waals surface area (Å²) in [7, 11) is 1.70. The van der Waals surface area contributed by atoms with Crippen LogP contribution < -0.4 is 10.6 Å². The zero-order valence-electron chi connectivity index (χ0n) is 14.7. The molecule has 3 rings (SSSR count). The van der Waals surface area contributed by atoms with Crippen LogP contribution in [-0.2, 0) is 4.74 Å². The van der Waals surface area contributed by atoms with E-state index in [4.69, 9.17) is 4.74 Å². The fraction of sp³-hybridized carbons (Fsp3) is 0.471. The van der Waals surface area contributed by atoms with Crippen LogP contribution in [0, 0.1) is 20.8 Å². The highest BCUT2D eigenvalue weighted by atomic mass is 16.5. The first-order chi connectivity index (χ1) is 11.6. The molecule has 0 spiro atoms. The van der Waals surface area contributed by atoms with Gasteiger partial charge in [0, 0.05) is 19.0 Å². The molecule has 2 N–H and O–H groups in total. The molecule has 128 valence electrons. The van der Waals surface area contributed by atoms with Crippen LogP contribution in [0.15, 0.2) is 17.1 Å². The molecule has 0 atom stereocenters. The van der Waals surface area contributed by atoms with Crippen LogP contribution in [0.2, 0.25) is 0 Å². The minimum absolute atomic E-state index is 0.573. The second-order valence-corrected chi connectivity index (χ2v) is 6.11. The van der Waals surface area contributed by atoms with Crippen LogP contribution in [0.5, 0.6) is 0 Å². The van der Waals surface area contributed by atoms with Gasteiger partial charge in [0.05, 0.1) is 31.2 Å². The van der Waals surface area contributed by atoms with Crippen molar-refractivity contribution in [2.45, 2.75) is 20.8 Å². The lowest BCUT2D eigenvalue weighted by atomic mass is 10.1. The van der Waals surface area contributed by atoms with Gasteiger partial charge in [0.2, 0.25) is 11.9 Å². The fourth-order valence-corrected chi connectivity index (χ4v) is 2.81. The van der Waals surface area contributed by atoms with Gasteiger partial charge in [-0.3, -0.25) is 10.2 Å². The van der Waals surface area contributed by atoms with Crippen LogP contribution in [-0.4, -0.2) is 54.4 Å². The van der Waals surface area contributed by atoms with Crippen molar-refractivity contribution < 1.29 is 4.74 Å². The van der Waals surface area contributed by atoms with E-state index in [0.29, 0.717) is 25.2 Å². The number of nitrogens with one attached hydrogen (secondary N) is 2. The van der Waals surface area contributed by atoms with Crippen LogP contribution in [0.4, 0.5) is 5.95 Å². The van der Waals surface area contributed by atoms with Crippen LogP contribution in [0.3, 0.4) is 0 Å². The van der Waals surface area contributed by atoms with Gasteiger partial charge >= 0.3 is 0 Å². The minimum atomic E-state index is 0.573. The van der Waals surface area contributed by atoms with Gasteiger partial charge in [0.25, 0.3) is 0 Å². The van der Waals surface area contributed by atoms with Gasteiger partial charge in [-0.1, -0.05) is 11.6 Å². The van der Waals surface area contributed by atoms with Crippen molar-refractivity contribution in [3.8, 4) is 0 Å². The van der Waals surface area contributed by atoms with Gasteiger partial charge in [-0.25, -0.2) is 15.0 Å². The molecule has 0 fully saturated rings. The standard InChI is InChI=1S/C17H24N6O/c1-11-7-12(2)15-14(8-11)13(3)20-17(21-15)22-16-18-9-23(10-19-16)5-6-24-4/h7-8H,5-6,9-10H2,1-4H3,(H2,18,19,20,21,22). The topological polar surface area (TPSA) is 74.7 Å². The zero-order chi connectivity index (χ0) is 17.1. The second kappa shape index (κ2) is 7.11. The van der Waals surface area contributed by atoms with E-state index in [1.807, 2.05) is 6.92 Å². The Morgan fingerprint density at radius 1 is 1.25 bits per heavy atom. The molecule has 24 heavy (non-hydrogen) atoms. The minimum Gasteiger partial charge on any atom is -0.383 e. The first-order valence-corrected chi connectivity index (χ1v) is 8.09. The van der Waals surface area contributed by atoms with E-state index in [1.165, 1.54) is 5.56 Å². The predicted octanol–water partition coefficient (Wildman–Crippen LogP) is 1.79. The molecule has 0 unspecified atom stereocenters. The summed E-state index contributed by atoms with van der Waals surface area (Å²) in [6.07, 6.45) is 0. The molecule has 0 saturated carbocycles. The Morgan fingerprint density at radius 2 is 2.08 bits per heavy atom. The Hall–Kier alpha value is -2.25. The number of fused-ring (bicyclic) bond motifs is 1. The number of rotatable bonds is 4. The number of nitrogens with zero attached hydrogens (tertiary/aromatic N) is 4. The maximum absolute atomic E-state index is 5.09. The van der Waals surface area contributed by atoms with Crippen molar-refractivity contribution in [2.24, 2.45) is 4.99 Å². The molecule has 1 aromatic carbocycles. The highest BCUT2D eigenvalue weighted by Gasteiger charge is 2.14. The third-order valence-corrected chi connectivity index (χ3v) is 4.07. The molecule has 0 aliphatic carbocycles. The maximum Gasteiger partial charge on any atom is 0.230 e. The van der Waals surface area contributed by atoms with Crippen molar-refractivity contribution >= 4 is 22.8 Å². The lowest BCUT2D eigenvalue weighted by Gasteiger charge is -2.26. The number of hydrogen-bond donors (Lipinski definition) is 2. The maximum atomic E-state index is 5.09. The summed E-state index contributed by atoms with van der Waals surface area (Å²) in [5.41, 5.74) is 4.32. The lowest BCUT2D eigenvalue weighted by molar-refractivity contribution is 0.145. The van der Waals surface area contributed by atoms with Crippen molar-refractivity contribution in [3.05, 3.63) is 29.0 Å². The number of ether oxygens (including phenoxy) is 1. The van der Waals surface area contributed by atoms with Gasteiger partial charge in [-0.15, -0.1) is 0 Å². The number of anilines is 1. The first-order valence-electron chi connectivity index (χ1n) is 8.09. The van der Waals surface area contributed by atoms with Crippen LogP contribution in [0.1, 0.15) is 16.8 Å². The van der Waals surface area contributed by atoms with E-state index in [1.54, 1.807) is 7.11 Å². The van der Waals surface area contributed by atoms with E-state index < -0.39 is 0 Å². The molecule has 0 bridgehead atoms. The molecule has 0 amide bonds. The Kier molecular flexibility index (Phi) is 4.92. The smallest absolute Gasteiger partial charge is 0.230 e. The van der Waals surface area contributed by atoms with E-state index in [9.17, 15) is 0 Å². The molecule has 0 radical (unpaired) electrons. The van der Waals surface area contributed by atoms with E-state index in [-0.39, 0.29) is 0 Å². The summed E-state index contributed by atoms with van der Waals surface area (Å²) in [6.45, 7) is 9.08. The summed E-state index contributed by atoms with van der Waals surface area (Å²) in [6, 6.07) is 4.27. The van der Waals surface area contributed by atoms with Gasteiger partial charge in [0.15, 0.2) is 0 Å². The first kappa shape index (κ1) is 16.6. The molecule has 7 nitrogen and oxygen atoms in total. The van der Waals surface area contributed by atoms with Gasteiger partial charge in [0.1, 0.15) is 0 Å². The highest BCUT2D eigenvalue weighted by molar-refractivity contribution is 5.94. The highest BCUT2D eigenvalue weighted by Crippen LogP contribution is 2.22. The molecule has 7 heteroatoms. The quantitative estimate of drug-likeness (QED) is 0.891. The summed E-state index contributed by atoms with van der Waals surface area (Å²) in [4.78, 5) is 15.9. The lowest BCUT2D eigenvalue weighted by Crippen LogP contribution is -2.46. The normalized spacial score (nSPS) is 15.2. The van der Waals surface area contributed by atoms with E-state index in [0.717, 1.165) is 35.4 Å². The van der Waals surface area contributed by atoms with Crippen molar-refractivity contribution in [1.82, 2.24) is 20.2 Å².